The van der Waals surface area contributed by atoms with Crippen molar-refractivity contribution >= 4 is 44.9 Å². The fourth-order valence-corrected chi connectivity index (χ4v) is 4.49. The number of hydrogen-bond acceptors (Lipinski definition) is 13. The average Bonchev–Trinajstić information content (AvgIpc) is 3.05. The zero-order valence-electron chi connectivity index (χ0n) is 17.8. The Bertz CT molecular complexity index is 1050. The summed E-state index contributed by atoms with van der Waals surface area (Å²) in [7, 11) is -1.57. The summed E-state index contributed by atoms with van der Waals surface area (Å²) in [5, 5.41) is 9.51. The Labute approximate surface area is 201 Å². The van der Waals surface area contributed by atoms with Gasteiger partial charge in [-0.15, -0.1) is 4.52 Å². The minimum atomic E-state index is -2.73. The van der Waals surface area contributed by atoms with E-state index >= 15 is 0 Å². The van der Waals surface area contributed by atoms with Crippen molar-refractivity contribution in [3.05, 3.63) is 33.1 Å². The Kier molecular flexibility index (Phi) is 10.1. The summed E-state index contributed by atoms with van der Waals surface area (Å²) in [4.78, 5) is 70.4. The number of nitrogens with zero attached hydrogens (tertiary/aromatic N) is 1. The molecule has 0 saturated carbocycles. The van der Waals surface area contributed by atoms with Crippen LogP contribution in [0.4, 0.5) is 0 Å². The topological polar surface area (TPSA) is 216 Å². The normalized spacial score (nSPS) is 24.9. The van der Waals surface area contributed by atoms with Crippen LogP contribution in [0.2, 0.25) is 0 Å². The first-order valence-corrected chi connectivity index (χ1v) is 11.8. The van der Waals surface area contributed by atoms with Crippen LogP contribution in [0.15, 0.2) is 21.9 Å². The standard InChI is InChI=1S/C17H19N2O14PS/c1-28-12-13(33-34(27)35)17(4-9(15(24)25)29-6-20,5-11(30-7-21)31-8-22)32-14(12)19-3-2-10(23)18-16(19)26/h2-3,6-9,11-14H,4-5H2,1H3,(H2-,18,23,24,25,26,27,35)/p+1. The predicted octanol–water partition coefficient (Wildman–Crippen LogP) is -1.13. The van der Waals surface area contributed by atoms with Crippen LogP contribution in [0, 0.1) is 0 Å². The highest BCUT2D eigenvalue weighted by atomic mass is 32.7. The number of rotatable bonds is 15. The van der Waals surface area contributed by atoms with Crippen LogP contribution < -0.4 is 11.2 Å². The molecule has 35 heavy (non-hydrogen) atoms. The van der Waals surface area contributed by atoms with Crippen LogP contribution in [0.25, 0.3) is 0 Å². The van der Waals surface area contributed by atoms with E-state index in [-0.39, 0.29) is 19.4 Å². The van der Waals surface area contributed by atoms with Gasteiger partial charge < -0.3 is 28.8 Å². The highest BCUT2D eigenvalue weighted by molar-refractivity contribution is 8.39. The Balaban J connectivity index is 2.71. The number of carboxylic acids is 1. The van der Waals surface area contributed by atoms with Crippen molar-refractivity contribution in [1.29, 1.82) is 0 Å². The van der Waals surface area contributed by atoms with Gasteiger partial charge in [-0.2, -0.15) is 0 Å². The summed E-state index contributed by atoms with van der Waals surface area (Å²) in [6.45, 7) is -0.282. The van der Waals surface area contributed by atoms with Crippen LogP contribution in [-0.4, -0.2) is 77.4 Å². The minimum Gasteiger partial charge on any atom is -0.479 e. The van der Waals surface area contributed by atoms with Crippen molar-refractivity contribution in [2.24, 2.45) is 0 Å². The summed E-state index contributed by atoms with van der Waals surface area (Å²) in [5.41, 5.74) is -3.75. The zero-order valence-corrected chi connectivity index (χ0v) is 19.6. The first kappa shape index (κ1) is 28.1. The first-order chi connectivity index (χ1) is 16.6. The van der Waals surface area contributed by atoms with Gasteiger partial charge in [0.1, 0.15) is 24.0 Å². The fourth-order valence-electron chi connectivity index (χ4n) is 3.68. The molecule has 1 saturated heterocycles. The summed E-state index contributed by atoms with van der Waals surface area (Å²) < 4.78 is 43.6. The van der Waals surface area contributed by atoms with Gasteiger partial charge in [0.05, 0.1) is 6.42 Å². The van der Waals surface area contributed by atoms with Crippen LogP contribution in [0.1, 0.15) is 19.1 Å². The van der Waals surface area contributed by atoms with E-state index in [1.54, 1.807) is 0 Å². The quantitative estimate of drug-likeness (QED) is 0.104. The third-order valence-corrected chi connectivity index (χ3v) is 5.70. The van der Waals surface area contributed by atoms with Gasteiger partial charge in [0, 0.05) is 25.8 Å². The fraction of sp³-hybridized carbons (Fsp3) is 0.529. The summed E-state index contributed by atoms with van der Waals surface area (Å²) >= 11 is 3.71. The van der Waals surface area contributed by atoms with Gasteiger partial charge in [-0.1, -0.05) is 0 Å². The van der Waals surface area contributed by atoms with Crippen molar-refractivity contribution in [2.75, 3.05) is 7.11 Å². The van der Waals surface area contributed by atoms with Crippen LogP contribution in [0.5, 0.6) is 0 Å². The average molecular weight is 539 g/mol. The molecule has 1 fully saturated rings. The molecule has 6 unspecified atom stereocenters. The molecule has 0 amide bonds. The highest BCUT2D eigenvalue weighted by Gasteiger charge is 2.62. The van der Waals surface area contributed by atoms with Crippen molar-refractivity contribution in [3.8, 4) is 0 Å². The molecule has 1 aromatic heterocycles. The Morgan fingerprint density at radius 1 is 1.26 bits per heavy atom. The number of aromatic amines is 1. The van der Waals surface area contributed by atoms with Gasteiger partial charge >= 0.3 is 18.9 Å². The molecule has 192 valence electrons. The summed E-state index contributed by atoms with van der Waals surface area (Å²) in [6.07, 6.45) is -8.28. The van der Waals surface area contributed by atoms with E-state index in [1.165, 1.54) is 0 Å². The highest BCUT2D eigenvalue weighted by Crippen LogP contribution is 2.49. The van der Waals surface area contributed by atoms with Crippen molar-refractivity contribution in [1.82, 2.24) is 9.55 Å². The van der Waals surface area contributed by atoms with Gasteiger partial charge in [0.2, 0.25) is 12.4 Å². The first-order valence-electron chi connectivity index (χ1n) is 9.47. The molecule has 6 atom stereocenters. The number of hydrogen-bond donors (Lipinski definition) is 3. The number of aromatic nitrogens is 2. The van der Waals surface area contributed by atoms with E-state index in [4.69, 9.17) is 23.5 Å². The SMILES string of the molecule is COC1C(n2ccc(=O)[nH]c2=O)OC(CC(OC=O)OC=O)(CC(OC=O)C(=O)O)C1O[P+](=O)S. The minimum absolute atomic E-state index is 0.0693. The lowest BCUT2D eigenvalue weighted by Crippen LogP contribution is -2.50. The molecule has 0 bridgehead atoms. The molecule has 2 N–H and O–H groups in total. The molecule has 16 nitrogen and oxygen atoms in total. The molecule has 0 spiro atoms. The number of aliphatic carboxylic acids is 1. The maximum Gasteiger partial charge on any atom is 0.582 e. The van der Waals surface area contributed by atoms with Crippen molar-refractivity contribution in [2.45, 2.75) is 49.3 Å². The number of carbonyl (C=O) groups is 4. The molecule has 0 aromatic carbocycles. The molecule has 18 heteroatoms. The number of methoxy groups -OCH3 is 1. The molecular weight excluding hydrogens is 519 g/mol. The second-order valence-electron chi connectivity index (χ2n) is 6.92. The van der Waals surface area contributed by atoms with Gasteiger partial charge in [-0.25, -0.2) is 9.59 Å². The van der Waals surface area contributed by atoms with E-state index in [0.717, 1.165) is 23.9 Å². The van der Waals surface area contributed by atoms with Crippen LogP contribution >= 0.6 is 19.5 Å². The largest absolute Gasteiger partial charge is 0.582 e. The number of carboxylic acid groups (broad SMARTS) is 1. The molecule has 0 aliphatic carbocycles. The van der Waals surface area contributed by atoms with Gasteiger partial charge in [0.15, 0.2) is 12.3 Å². The van der Waals surface area contributed by atoms with E-state index in [1.807, 2.05) is 4.98 Å². The lowest BCUT2D eigenvalue weighted by molar-refractivity contribution is -0.198. The number of H-pyrrole nitrogens is 1. The molecule has 1 aromatic rings. The summed E-state index contributed by atoms with van der Waals surface area (Å²) in [6, 6.07) is 0.982. The third-order valence-electron chi connectivity index (χ3n) is 5.01. The molecule has 2 rings (SSSR count). The molecule has 1 aliphatic heterocycles. The molecule has 1 aliphatic rings. The number of carbonyl (C=O) groups excluding carboxylic acids is 3. The lowest BCUT2D eigenvalue weighted by Gasteiger charge is -2.35. The van der Waals surface area contributed by atoms with Crippen molar-refractivity contribution in [3.63, 3.8) is 0 Å². The smallest absolute Gasteiger partial charge is 0.479 e. The second kappa shape index (κ2) is 12.6. The maximum absolute atomic E-state index is 12.4. The Morgan fingerprint density at radius 2 is 1.89 bits per heavy atom. The Morgan fingerprint density at radius 3 is 2.37 bits per heavy atom. The van der Waals surface area contributed by atoms with Crippen LogP contribution in [-0.2, 0) is 52.0 Å². The summed E-state index contributed by atoms with van der Waals surface area (Å²) in [5.74, 6) is -1.63. The monoisotopic (exact) mass is 539 g/mol. The second-order valence-corrected chi connectivity index (χ2v) is 8.58. The number of nitrogens with one attached hydrogen (secondary N) is 1. The lowest BCUT2D eigenvalue weighted by atomic mass is 9.85. The molecular formula is C17H20N2O14PS+. The van der Waals surface area contributed by atoms with Gasteiger partial charge in [-0.3, -0.25) is 28.7 Å². The van der Waals surface area contributed by atoms with Gasteiger partial charge in [0.25, 0.3) is 25.0 Å². The molecule has 0 radical (unpaired) electrons. The Hall–Kier alpha value is -3.11. The van der Waals surface area contributed by atoms with E-state index < -0.39 is 73.7 Å². The molecule has 2 heterocycles. The predicted molar refractivity (Wildman–Crippen MR) is 112 cm³/mol. The number of thiol groups is 1. The van der Waals surface area contributed by atoms with E-state index in [0.29, 0.717) is 0 Å². The van der Waals surface area contributed by atoms with Crippen molar-refractivity contribution < 1.29 is 57.1 Å². The van der Waals surface area contributed by atoms with Crippen LogP contribution in [0.3, 0.4) is 0 Å². The van der Waals surface area contributed by atoms with Gasteiger partial charge in [-0.05, 0) is 4.57 Å². The van der Waals surface area contributed by atoms with E-state index in [9.17, 15) is 38.4 Å². The zero-order chi connectivity index (χ0) is 26.2. The maximum atomic E-state index is 12.4. The third kappa shape index (κ3) is 6.73. The number of ether oxygens (including phenoxy) is 5. The van der Waals surface area contributed by atoms with E-state index in [2.05, 4.69) is 17.0 Å².